The highest BCUT2D eigenvalue weighted by Gasteiger charge is 2.48. The highest BCUT2D eigenvalue weighted by molar-refractivity contribution is 6.30. The summed E-state index contributed by atoms with van der Waals surface area (Å²) >= 11 is 6.15. The van der Waals surface area contributed by atoms with Gasteiger partial charge < -0.3 is 19.5 Å². The molecular weight excluding hydrogens is 450 g/mol. The first-order valence-electron chi connectivity index (χ1n) is 12.1. The van der Waals surface area contributed by atoms with Crippen LogP contribution in [0.25, 0.3) is 10.9 Å². The topological polar surface area (TPSA) is 65.6 Å². The van der Waals surface area contributed by atoms with E-state index in [0.29, 0.717) is 24.6 Å². The number of halogens is 1. The van der Waals surface area contributed by atoms with E-state index in [2.05, 4.69) is 18.0 Å². The highest BCUT2D eigenvalue weighted by atomic mass is 35.5. The first-order valence-corrected chi connectivity index (χ1v) is 12.5. The van der Waals surface area contributed by atoms with Crippen molar-refractivity contribution < 1.29 is 14.3 Å². The summed E-state index contributed by atoms with van der Waals surface area (Å²) in [5.41, 5.74) is 4.06. The van der Waals surface area contributed by atoms with Crippen molar-refractivity contribution in [2.45, 2.75) is 44.7 Å². The van der Waals surface area contributed by atoms with E-state index in [9.17, 15) is 9.59 Å². The minimum absolute atomic E-state index is 0.0167. The standard InChI is InChI=1S/C27H30ClN3O3/c1-2-3-14-34-15-6-13-30-17-24(32)31-23(27(30)33)16-21-20-7-4-5-8-22(20)29-25(21)26(31)18-9-11-19(28)12-10-18/h4-5,7-12,23,26,29H,2-3,6,13-17H2,1H3/t23-,26-/m0/s1. The van der Waals surface area contributed by atoms with Gasteiger partial charge in [0.15, 0.2) is 0 Å². The Kier molecular flexibility index (Phi) is 6.61. The van der Waals surface area contributed by atoms with Gasteiger partial charge in [0.1, 0.15) is 6.04 Å². The van der Waals surface area contributed by atoms with Gasteiger partial charge in [-0.3, -0.25) is 9.59 Å². The van der Waals surface area contributed by atoms with Crippen molar-refractivity contribution >= 4 is 34.3 Å². The van der Waals surface area contributed by atoms with Gasteiger partial charge >= 0.3 is 0 Å². The Morgan fingerprint density at radius 2 is 1.82 bits per heavy atom. The van der Waals surface area contributed by atoms with Crippen LogP contribution in [0.3, 0.4) is 0 Å². The molecule has 0 spiro atoms. The number of carbonyl (C=O) groups is 2. The van der Waals surface area contributed by atoms with Crippen molar-refractivity contribution in [3.8, 4) is 0 Å². The Labute approximate surface area is 204 Å². The van der Waals surface area contributed by atoms with Gasteiger partial charge in [0.2, 0.25) is 11.8 Å². The first kappa shape index (κ1) is 22.9. The number of para-hydroxylation sites is 1. The van der Waals surface area contributed by atoms with Crippen LogP contribution in [0.5, 0.6) is 0 Å². The number of hydrogen-bond donors (Lipinski definition) is 1. The molecule has 2 aromatic carbocycles. The Hall–Kier alpha value is -2.83. The number of H-pyrrole nitrogens is 1. The fourth-order valence-corrected chi connectivity index (χ4v) is 5.34. The third kappa shape index (κ3) is 4.21. The van der Waals surface area contributed by atoms with Crippen molar-refractivity contribution in [3.05, 3.63) is 70.4 Å². The summed E-state index contributed by atoms with van der Waals surface area (Å²) in [5.74, 6) is -0.0104. The molecule has 2 amide bonds. The number of ether oxygens (including phenoxy) is 1. The first-order chi connectivity index (χ1) is 16.6. The second-order valence-electron chi connectivity index (χ2n) is 9.12. The maximum absolute atomic E-state index is 13.6. The van der Waals surface area contributed by atoms with Crippen molar-refractivity contribution in [3.63, 3.8) is 0 Å². The fraction of sp³-hybridized carbons (Fsp3) is 0.407. The van der Waals surface area contributed by atoms with Crippen LogP contribution < -0.4 is 0 Å². The summed E-state index contributed by atoms with van der Waals surface area (Å²) in [4.78, 5) is 34.2. The minimum atomic E-state index is -0.519. The summed E-state index contributed by atoms with van der Waals surface area (Å²) in [6.45, 7) is 4.11. The lowest BCUT2D eigenvalue weighted by Gasteiger charge is -2.47. The average Bonchev–Trinajstić information content (AvgIpc) is 3.22. The predicted molar refractivity (Wildman–Crippen MR) is 133 cm³/mol. The largest absolute Gasteiger partial charge is 0.381 e. The third-order valence-corrected chi connectivity index (χ3v) is 7.14. The molecule has 1 saturated heterocycles. The molecule has 0 bridgehead atoms. The second-order valence-corrected chi connectivity index (χ2v) is 9.55. The zero-order valence-electron chi connectivity index (χ0n) is 19.4. The van der Waals surface area contributed by atoms with Gasteiger partial charge in [0, 0.05) is 47.8 Å². The number of piperazine rings is 1. The number of aromatic nitrogens is 1. The van der Waals surface area contributed by atoms with Crippen molar-refractivity contribution in [2.24, 2.45) is 0 Å². The van der Waals surface area contributed by atoms with Crippen LogP contribution in [0.15, 0.2) is 48.5 Å². The number of benzene rings is 2. The Morgan fingerprint density at radius 3 is 2.62 bits per heavy atom. The molecule has 1 N–H and O–H groups in total. The van der Waals surface area contributed by atoms with E-state index >= 15 is 0 Å². The summed E-state index contributed by atoms with van der Waals surface area (Å²) in [5, 5.41) is 1.75. The molecule has 0 radical (unpaired) electrons. The molecule has 5 rings (SSSR count). The molecule has 3 aromatic rings. The molecule has 6 nitrogen and oxygen atoms in total. The lowest BCUT2D eigenvalue weighted by atomic mass is 9.86. The van der Waals surface area contributed by atoms with Crippen LogP contribution in [0.1, 0.15) is 49.0 Å². The lowest BCUT2D eigenvalue weighted by Crippen LogP contribution is -2.63. The molecule has 7 heteroatoms. The van der Waals surface area contributed by atoms with Gasteiger partial charge in [-0.1, -0.05) is 55.3 Å². The SMILES string of the molecule is CCCCOCCCN1CC(=O)N2[C@@H](c3ccc(Cl)cc3)c3[nH]c4ccccc4c3C[C@H]2C1=O. The smallest absolute Gasteiger partial charge is 0.246 e. The number of aromatic amines is 1. The van der Waals surface area contributed by atoms with Crippen LogP contribution in [-0.2, 0) is 20.7 Å². The van der Waals surface area contributed by atoms with Gasteiger partial charge in [-0.15, -0.1) is 0 Å². The quantitative estimate of drug-likeness (QED) is 0.476. The second kappa shape index (κ2) is 9.80. The fourth-order valence-electron chi connectivity index (χ4n) is 5.21. The van der Waals surface area contributed by atoms with Crippen LogP contribution in [0, 0.1) is 0 Å². The molecule has 0 saturated carbocycles. The summed E-state index contributed by atoms with van der Waals surface area (Å²) in [7, 11) is 0. The predicted octanol–water partition coefficient (Wildman–Crippen LogP) is 4.71. The maximum Gasteiger partial charge on any atom is 0.246 e. The molecule has 1 fully saturated rings. The zero-order chi connectivity index (χ0) is 23.7. The molecule has 178 valence electrons. The van der Waals surface area contributed by atoms with Crippen molar-refractivity contribution in [2.75, 3.05) is 26.3 Å². The average molecular weight is 480 g/mol. The van der Waals surface area contributed by atoms with Crippen LogP contribution >= 0.6 is 11.6 Å². The van der Waals surface area contributed by atoms with E-state index < -0.39 is 6.04 Å². The van der Waals surface area contributed by atoms with Crippen LogP contribution in [0.2, 0.25) is 5.02 Å². The number of carbonyl (C=O) groups excluding carboxylic acids is 2. The van der Waals surface area contributed by atoms with Crippen molar-refractivity contribution in [1.29, 1.82) is 0 Å². The number of nitrogens with zero attached hydrogens (tertiary/aromatic N) is 2. The Bertz CT molecular complexity index is 1190. The molecule has 0 aliphatic carbocycles. The molecule has 2 aliphatic heterocycles. The number of rotatable bonds is 8. The third-order valence-electron chi connectivity index (χ3n) is 6.89. The Balaban J connectivity index is 1.46. The van der Waals surface area contributed by atoms with Gasteiger partial charge in [-0.25, -0.2) is 0 Å². The zero-order valence-corrected chi connectivity index (χ0v) is 20.2. The number of unbranched alkanes of at least 4 members (excludes halogenated alkanes) is 1. The van der Waals surface area contributed by atoms with Gasteiger partial charge in [0.25, 0.3) is 0 Å². The number of fused-ring (bicyclic) bond motifs is 4. The van der Waals surface area contributed by atoms with E-state index in [-0.39, 0.29) is 24.4 Å². The number of amides is 2. The highest BCUT2D eigenvalue weighted by Crippen LogP contribution is 2.42. The Morgan fingerprint density at radius 1 is 1.06 bits per heavy atom. The molecule has 3 heterocycles. The monoisotopic (exact) mass is 479 g/mol. The van der Waals surface area contributed by atoms with E-state index in [1.807, 2.05) is 42.5 Å². The van der Waals surface area contributed by atoms with Crippen LogP contribution in [0.4, 0.5) is 0 Å². The normalized spacial score (nSPS) is 20.1. The van der Waals surface area contributed by atoms with E-state index in [4.69, 9.17) is 16.3 Å². The molecule has 2 atom stereocenters. The lowest BCUT2D eigenvalue weighted by molar-refractivity contribution is -0.158. The molecule has 1 aromatic heterocycles. The summed E-state index contributed by atoms with van der Waals surface area (Å²) < 4.78 is 5.65. The molecule has 0 unspecified atom stereocenters. The van der Waals surface area contributed by atoms with E-state index in [1.54, 1.807) is 9.80 Å². The van der Waals surface area contributed by atoms with E-state index in [1.165, 1.54) is 0 Å². The van der Waals surface area contributed by atoms with Crippen molar-refractivity contribution in [1.82, 2.24) is 14.8 Å². The van der Waals surface area contributed by atoms with Gasteiger partial charge in [-0.2, -0.15) is 0 Å². The molecule has 2 aliphatic rings. The summed E-state index contributed by atoms with van der Waals surface area (Å²) in [6, 6.07) is 14.8. The number of nitrogens with one attached hydrogen (secondary N) is 1. The van der Waals surface area contributed by atoms with Gasteiger partial charge in [0.05, 0.1) is 12.6 Å². The van der Waals surface area contributed by atoms with Gasteiger partial charge in [-0.05, 0) is 42.2 Å². The minimum Gasteiger partial charge on any atom is -0.381 e. The van der Waals surface area contributed by atoms with Crippen LogP contribution in [-0.4, -0.2) is 58.9 Å². The van der Waals surface area contributed by atoms with E-state index in [0.717, 1.165) is 53.6 Å². The maximum atomic E-state index is 13.6. The summed E-state index contributed by atoms with van der Waals surface area (Å²) in [6.07, 6.45) is 3.38. The molecular formula is C27H30ClN3O3. The number of hydrogen-bond acceptors (Lipinski definition) is 3. The molecule has 34 heavy (non-hydrogen) atoms.